The first-order valence-corrected chi connectivity index (χ1v) is 9.07. The number of rotatable bonds is 3. The van der Waals surface area contributed by atoms with Crippen molar-refractivity contribution in [3.63, 3.8) is 0 Å². The van der Waals surface area contributed by atoms with Crippen molar-refractivity contribution in [3.8, 4) is 11.5 Å². The van der Waals surface area contributed by atoms with Gasteiger partial charge in [-0.3, -0.25) is 4.79 Å². The Morgan fingerprint density at radius 3 is 2.46 bits per heavy atom. The number of esters is 1. The smallest absolute Gasteiger partial charge is 0.343 e. The third-order valence-corrected chi connectivity index (χ3v) is 4.84. The molecule has 0 saturated heterocycles. The fourth-order valence-electron chi connectivity index (χ4n) is 2.72. The van der Waals surface area contributed by atoms with Crippen LogP contribution in [0.3, 0.4) is 0 Å². The number of allylic oxidation sites excluding steroid dienone is 1. The number of carbonyl (C=O) groups is 2. The molecule has 1 aliphatic rings. The SMILES string of the molecule is O=C(Oc1ccc2c(c1)O/C(=C/c1ccc(Cl)c(Cl)c1)C2=O)c1ccccc1. The summed E-state index contributed by atoms with van der Waals surface area (Å²) in [7, 11) is 0. The predicted molar refractivity (Wildman–Crippen MR) is 107 cm³/mol. The maximum atomic E-state index is 12.5. The summed E-state index contributed by atoms with van der Waals surface area (Å²) < 4.78 is 11.0. The number of hydrogen-bond acceptors (Lipinski definition) is 4. The van der Waals surface area contributed by atoms with Gasteiger partial charge in [0.05, 0.1) is 21.2 Å². The molecular formula is C22H12Cl2O4. The molecule has 0 amide bonds. The molecule has 3 aromatic carbocycles. The maximum absolute atomic E-state index is 12.5. The van der Waals surface area contributed by atoms with Gasteiger partial charge in [-0.1, -0.05) is 47.5 Å². The summed E-state index contributed by atoms with van der Waals surface area (Å²) in [6, 6.07) is 18.3. The second-order valence-electron chi connectivity index (χ2n) is 6.03. The van der Waals surface area contributed by atoms with E-state index in [2.05, 4.69) is 0 Å². The summed E-state index contributed by atoms with van der Waals surface area (Å²) in [6.07, 6.45) is 1.58. The minimum Gasteiger partial charge on any atom is -0.452 e. The molecule has 28 heavy (non-hydrogen) atoms. The zero-order valence-corrected chi connectivity index (χ0v) is 15.8. The maximum Gasteiger partial charge on any atom is 0.343 e. The zero-order chi connectivity index (χ0) is 19.7. The van der Waals surface area contributed by atoms with Gasteiger partial charge in [0, 0.05) is 6.07 Å². The number of benzene rings is 3. The molecule has 0 bridgehead atoms. The van der Waals surface area contributed by atoms with E-state index in [1.807, 2.05) is 6.07 Å². The van der Waals surface area contributed by atoms with E-state index in [-0.39, 0.29) is 17.3 Å². The lowest BCUT2D eigenvalue weighted by Gasteiger charge is -2.05. The molecule has 0 aliphatic carbocycles. The number of ketones is 1. The van der Waals surface area contributed by atoms with Crippen molar-refractivity contribution >= 4 is 41.0 Å². The van der Waals surface area contributed by atoms with E-state index in [0.717, 1.165) is 0 Å². The van der Waals surface area contributed by atoms with Crippen molar-refractivity contribution in [2.45, 2.75) is 0 Å². The molecule has 1 aliphatic heterocycles. The van der Waals surface area contributed by atoms with Crippen LogP contribution in [0.15, 0.2) is 72.5 Å². The molecule has 4 rings (SSSR count). The first kappa shape index (κ1) is 18.3. The van der Waals surface area contributed by atoms with Crippen LogP contribution >= 0.6 is 23.2 Å². The Morgan fingerprint density at radius 1 is 0.929 bits per heavy atom. The van der Waals surface area contributed by atoms with Gasteiger partial charge in [0.2, 0.25) is 5.78 Å². The van der Waals surface area contributed by atoms with E-state index in [0.29, 0.717) is 32.5 Å². The molecule has 0 unspecified atom stereocenters. The van der Waals surface area contributed by atoms with E-state index in [1.54, 1.807) is 60.7 Å². The quantitative estimate of drug-likeness (QED) is 0.309. The van der Waals surface area contributed by atoms with Crippen LogP contribution in [0, 0.1) is 0 Å². The Balaban J connectivity index is 1.56. The highest BCUT2D eigenvalue weighted by atomic mass is 35.5. The average Bonchev–Trinajstić information content (AvgIpc) is 3.00. The van der Waals surface area contributed by atoms with Crippen LogP contribution in [0.4, 0.5) is 0 Å². The number of fused-ring (bicyclic) bond motifs is 1. The Labute approximate surface area is 170 Å². The van der Waals surface area contributed by atoms with Crippen molar-refractivity contribution in [1.82, 2.24) is 0 Å². The van der Waals surface area contributed by atoms with E-state index >= 15 is 0 Å². The lowest BCUT2D eigenvalue weighted by molar-refractivity contribution is 0.0734. The third kappa shape index (κ3) is 3.65. The monoisotopic (exact) mass is 410 g/mol. The van der Waals surface area contributed by atoms with Gasteiger partial charge in [-0.15, -0.1) is 0 Å². The topological polar surface area (TPSA) is 52.6 Å². The van der Waals surface area contributed by atoms with Gasteiger partial charge in [-0.25, -0.2) is 4.79 Å². The molecule has 0 radical (unpaired) electrons. The molecule has 0 saturated carbocycles. The Morgan fingerprint density at radius 2 is 1.71 bits per heavy atom. The Kier molecular flexibility index (Phi) is 4.90. The normalized spacial score (nSPS) is 13.9. The zero-order valence-electron chi connectivity index (χ0n) is 14.3. The van der Waals surface area contributed by atoms with Crippen molar-refractivity contribution in [3.05, 3.63) is 99.2 Å². The van der Waals surface area contributed by atoms with Crippen LogP contribution in [0.25, 0.3) is 6.08 Å². The molecular weight excluding hydrogens is 399 g/mol. The fraction of sp³-hybridized carbons (Fsp3) is 0. The second-order valence-corrected chi connectivity index (χ2v) is 6.84. The van der Waals surface area contributed by atoms with Gasteiger partial charge in [0.25, 0.3) is 0 Å². The highest BCUT2D eigenvalue weighted by molar-refractivity contribution is 6.42. The molecule has 4 nitrogen and oxygen atoms in total. The summed E-state index contributed by atoms with van der Waals surface area (Å²) in [6.45, 7) is 0. The number of Topliss-reactive ketones (excluding diaryl/α,β-unsaturated/α-hetero) is 1. The Hall–Kier alpha value is -3.08. The molecule has 138 valence electrons. The molecule has 0 aromatic heterocycles. The summed E-state index contributed by atoms with van der Waals surface area (Å²) in [5.74, 6) is 0.0178. The molecule has 0 fully saturated rings. The number of carbonyl (C=O) groups excluding carboxylic acids is 2. The molecule has 0 atom stereocenters. The van der Waals surface area contributed by atoms with E-state index in [1.165, 1.54) is 6.07 Å². The lowest BCUT2D eigenvalue weighted by Crippen LogP contribution is -2.08. The minimum atomic E-state index is -0.489. The van der Waals surface area contributed by atoms with E-state index in [9.17, 15) is 9.59 Å². The molecule has 3 aromatic rings. The highest BCUT2D eigenvalue weighted by Crippen LogP contribution is 2.35. The van der Waals surface area contributed by atoms with Crippen LogP contribution in [-0.4, -0.2) is 11.8 Å². The van der Waals surface area contributed by atoms with Gasteiger partial charge in [-0.2, -0.15) is 0 Å². The van der Waals surface area contributed by atoms with Gasteiger partial charge in [0.15, 0.2) is 5.76 Å². The first-order valence-electron chi connectivity index (χ1n) is 8.32. The minimum absolute atomic E-state index is 0.153. The van der Waals surface area contributed by atoms with Crippen molar-refractivity contribution in [2.24, 2.45) is 0 Å². The van der Waals surface area contributed by atoms with Crippen LogP contribution < -0.4 is 9.47 Å². The second kappa shape index (κ2) is 7.50. The van der Waals surface area contributed by atoms with Crippen LogP contribution in [0.2, 0.25) is 10.0 Å². The number of halogens is 2. The molecule has 0 spiro atoms. The van der Waals surface area contributed by atoms with Crippen molar-refractivity contribution in [1.29, 1.82) is 0 Å². The van der Waals surface area contributed by atoms with Crippen LogP contribution in [0.5, 0.6) is 11.5 Å². The van der Waals surface area contributed by atoms with E-state index in [4.69, 9.17) is 32.7 Å². The number of ether oxygens (including phenoxy) is 2. The van der Waals surface area contributed by atoms with Gasteiger partial charge in [0.1, 0.15) is 11.5 Å². The highest BCUT2D eigenvalue weighted by Gasteiger charge is 2.28. The lowest BCUT2D eigenvalue weighted by atomic mass is 10.1. The summed E-state index contributed by atoms with van der Waals surface area (Å²) in [5, 5.41) is 0.810. The van der Waals surface area contributed by atoms with Crippen molar-refractivity contribution in [2.75, 3.05) is 0 Å². The third-order valence-electron chi connectivity index (χ3n) is 4.10. The summed E-state index contributed by atoms with van der Waals surface area (Å²) in [4.78, 5) is 24.7. The van der Waals surface area contributed by atoms with Crippen LogP contribution in [0.1, 0.15) is 26.3 Å². The molecule has 1 heterocycles. The summed E-state index contributed by atoms with van der Waals surface area (Å²) in [5.41, 5.74) is 1.51. The standard InChI is InChI=1S/C22H12Cl2O4/c23-17-9-6-13(10-18(17)24)11-20-21(25)16-8-7-15(12-19(16)28-20)27-22(26)14-4-2-1-3-5-14/h1-12H/b20-11+. The van der Waals surface area contributed by atoms with Crippen LogP contribution in [-0.2, 0) is 0 Å². The largest absolute Gasteiger partial charge is 0.452 e. The molecule has 0 N–H and O–H groups in total. The number of hydrogen-bond donors (Lipinski definition) is 0. The van der Waals surface area contributed by atoms with Gasteiger partial charge >= 0.3 is 5.97 Å². The molecule has 6 heteroatoms. The average molecular weight is 411 g/mol. The Bertz CT molecular complexity index is 1120. The fourth-order valence-corrected chi connectivity index (χ4v) is 3.03. The van der Waals surface area contributed by atoms with Gasteiger partial charge < -0.3 is 9.47 Å². The summed E-state index contributed by atoms with van der Waals surface area (Å²) >= 11 is 11.9. The first-order chi connectivity index (χ1) is 13.5. The predicted octanol–water partition coefficient (Wildman–Crippen LogP) is 5.83. The van der Waals surface area contributed by atoms with Crippen molar-refractivity contribution < 1.29 is 19.1 Å². The van der Waals surface area contributed by atoms with E-state index < -0.39 is 5.97 Å². The van der Waals surface area contributed by atoms with Gasteiger partial charge in [-0.05, 0) is 48.0 Å².